The lowest BCUT2D eigenvalue weighted by Crippen LogP contribution is -1.95. The fourth-order valence-electron chi connectivity index (χ4n) is 0.662. The van der Waals surface area contributed by atoms with Crippen LogP contribution >= 0.6 is 0 Å². The predicted octanol–water partition coefficient (Wildman–Crippen LogP) is 1.17. The van der Waals surface area contributed by atoms with Crippen LogP contribution in [0.15, 0.2) is 11.4 Å². The minimum atomic E-state index is -0.661. The van der Waals surface area contributed by atoms with Crippen molar-refractivity contribution in [3.8, 4) is 0 Å². The van der Waals surface area contributed by atoms with Gasteiger partial charge in [-0.3, -0.25) is 4.79 Å². The number of hydrogen-bond donors (Lipinski definition) is 1. The summed E-state index contributed by atoms with van der Waals surface area (Å²) in [4.78, 5) is 19.5. The molecule has 1 heterocycles. The first-order valence-electron chi connectivity index (χ1n) is 2.85. The number of nitrogens with zero attached hydrogens (tertiary/aromatic N) is 4. The number of hydrogen-bond acceptors (Lipinski definition) is 2. The van der Waals surface area contributed by atoms with Gasteiger partial charge in [-0.1, -0.05) is 0 Å². The van der Waals surface area contributed by atoms with Crippen LogP contribution in [-0.2, 0) is 0 Å². The third kappa shape index (κ3) is 1.36. The van der Waals surface area contributed by atoms with Crippen molar-refractivity contribution in [1.29, 1.82) is 0 Å². The topological polar surface area (TPSA) is 94.5 Å². The van der Waals surface area contributed by atoms with E-state index in [1.165, 1.54) is 6.33 Å². The van der Waals surface area contributed by atoms with Gasteiger partial charge in [0.05, 0.1) is 6.33 Å². The highest BCUT2D eigenvalue weighted by Gasteiger charge is 2.08. The number of nitrogens with one attached hydrogen (secondary N) is 1. The summed E-state index contributed by atoms with van der Waals surface area (Å²) in [5.41, 5.74) is 8.69. The molecule has 1 aromatic heterocycles. The van der Waals surface area contributed by atoms with Crippen LogP contribution in [0.5, 0.6) is 0 Å². The van der Waals surface area contributed by atoms with Crippen LogP contribution in [0.4, 0.5) is 0 Å². The van der Waals surface area contributed by atoms with E-state index in [-0.39, 0.29) is 5.69 Å². The van der Waals surface area contributed by atoms with Crippen molar-refractivity contribution in [2.75, 3.05) is 0 Å². The van der Waals surface area contributed by atoms with Crippen LogP contribution in [0, 0.1) is 6.92 Å². The zero-order valence-electron chi connectivity index (χ0n) is 5.77. The minimum Gasteiger partial charge on any atom is -0.348 e. The number of azide groups is 1. The van der Waals surface area contributed by atoms with E-state index in [9.17, 15) is 4.79 Å². The molecule has 0 aromatic carbocycles. The Balaban J connectivity index is 3.02. The molecular formula is C5H5N5O. The third-order valence-corrected chi connectivity index (χ3v) is 1.17. The SMILES string of the molecule is Cc1[nH]cnc1C(=O)N=[N+]=[N-]. The fourth-order valence-corrected chi connectivity index (χ4v) is 0.662. The van der Waals surface area contributed by atoms with E-state index in [1.54, 1.807) is 6.92 Å². The second-order valence-electron chi connectivity index (χ2n) is 1.87. The highest BCUT2D eigenvalue weighted by atomic mass is 16.1. The number of H-pyrrole nitrogens is 1. The summed E-state index contributed by atoms with van der Waals surface area (Å²) in [5, 5.41) is 2.89. The molecule has 0 aliphatic rings. The highest BCUT2D eigenvalue weighted by molar-refractivity contribution is 5.93. The lowest BCUT2D eigenvalue weighted by Gasteiger charge is -1.86. The van der Waals surface area contributed by atoms with Crippen molar-refractivity contribution in [3.05, 3.63) is 28.2 Å². The molecule has 6 nitrogen and oxygen atoms in total. The summed E-state index contributed by atoms with van der Waals surface area (Å²) in [7, 11) is 0. The van der Waals surface area contributed by atoms with Gasteiger partial charge >= 0.3 is 0 Å². The Bertz CT molecular complexity index is 321. The smallest absolute Gasteiger partial charge is 0.269 e. The second kappa shape index (κ2) is 2.85. The van der Waals surface area contributed by atoms with Gasteiger partial charge in [0.25, 0.3) is 5.91 Å². The molecule has 0 spiro atoms. The van der Waals surface area contributed by atoms with Gasteiger partial charge in [-0.15, -0.1) is 0 Å². The molecule has 56 valence electrons. The van der Waals surface area contributed by atoms with E-state index in [1.807, 2.05) is 0 Å². The van der Waals surface area contributed by atoms with Gasteiger partial charge in [-0.25, -0.2) is 4.98 Å². The molecule has 0 aliphatic heterocycles. The van der Waals surface area contributed by atoms with Gasteiger partial charge in [0.2, 0.25) is 0 Å². The van der Waals surface area contributed by atoms with Gasteiger partial charge in [-0.2, -0.15) is 0 Å². The number of rotatable bonds is 1. The molecule has 0 aliphatic carbocycles. The summed E-state index contributed by atoms with van der Waals surface area (Å²) in [6.07, 6.45) is 1.37. The Morgan fingerprint density at radius 2 is 2.64 bits per heavy atom. The summed E-state index contributed by atoms with van der Waals surface area (Å²) < 4.78 is 0. The average Bonchev–Trinajstić information content (AvgIpc) is 2.36. The van der Waals surface area contributed by atoms with Crippen molar-refractivity contribution in [2.45, 2.75) is 6.92 Å². The Hall–Kier alpha value is -1.81. The first-order valence-corrected chi connectivity index (χ1v) is 2.85. The van der Waals surface area contributed by atoms with Crippen LogP contribution < -0.4 is 0 Å². The van der Waals surface area contributed by atoms with Gasteiger partial charge < -0.3 is 4.98 Å². The van der Waals surface area contributed by atoms with E-state index >= 15 is 0 Å². The monoisotopic (exact) mass is 151 g/mol. The van der Waals surface area contributed by atoms with Crippen molar-refractivity contribution in [2.24, 2.45) is 5.11 Å². The van der Waals surface area contributed by atoms with Crippen molar-refractivity contribution in [3.63, 3.8) is 0 Å². The third-order valence-electron chi connectivity index (χ3n) is 1.17. The molecule has 1 aromatic rings. The van der Waals surface area contributed by atoms with Crippen LogP contribution in [0.3, 0.4) is 0 Å². The largest absolute Gasteiger partial charge is 0.348 e. The van der Waals surface area contributed by atoms with Gasteiger partial charge in [0, 0.05) is 10.6 Å². The zero-order valence-corrected chi connectivity index (χ0v) is 5.77. The van der Waals surface area contributed by atoms with E-state index in [2.05, 4.69) is 20.0 Å². The lowest BCUT2D eigenvalue weighted by molar-refractivity contribution is 0.0995. The minimum absolute atomic E-state index is 0.169. The first kappa shape index (κ1) is 7.30. The van der Waals surface area contributed by atoms with E-state index in [0.717, 1.165) is 0 Å². The maximum Gasteiger partial charge on any atom is 0.269 e. The summed E-state index contributed by atoms with van der Waals surface area (Å²) in [6.45, 7) is 1.67. The zero-order chi connectivity index (χ0) is 8.27. The van der Waals surface area contributed by atoms with Gasteiger partial charge in [-0.05, 0) is 17.6 Å². The van der Waals surface area contributed by atoms with Crippen LogP contribution in [0.2, 0.25) is 0 Å². The number of carbonyl (C=O) groups is 1. The Labute approximate surface area is 61.9 Å². The molecule has 1 amide bonds. The molecule has 1 N–H and O–H groups in total. The number of amides is 1. The number of carbonyl (C=O) groups excluding carboxylic acids is 1. The van der Waals surface area contributed by atoms with E-state index < -0.39 is 5.91 Å². The van der Waals surface area contributed by atoms with E-state index in [4.69, 9.17) is 5.53 Å². The Morgan fingerprint density at radius 1 is 1.91 bits per heavy atom. The van der Waals surface area contributed by atoms with Crippen LogP contribution in [0.1, 0.15) is 16.2 Å². The molecule has 0 bridgehead atoms. The Kier molecular flexibility index (Phi) is 1.89. The summed E-state index contributed by atoms with van der Waals surface area (Å²) in [5.74, 6) is -0.661. The lowest BCUT2D eigenvalue weighted by atomic mass is 10.3. The highest BCUT2D eigenvalue weighted by Crippen LogP contribution is 2.01. The van der Waals surface area contributed by atoms with E-state index in [0.29, 0.717) is 5.69 Å². The number of aromatic nitrogens is 2. The number of aryl methyl sites for hydroxylation is 1. The quantitative estimate of drug-likeness (QED) is 0.370. The summed E-state index contributed by atoms with van der Waals surface area (Å²) in [6, 6.07) is 0. The molecular weight excluding hydrogens is 146 g/mol. The fraction of sp³-hybridized carbons (Fsp3) is 0.200. The molecule has 0 atom stereocenters. The standard InChI is InChI=1S/C5H5N5O/c1-3-4(8-2-7-3)5(11)9-10-6/h2H,1H3,(H,7,8). The molecule has 0 radical (unpaired) electrons. The molecule has 1 rings (SSSR count). The molecule has 0 saturated carbocycles. The van der Waals surface area contributed by atoms with Crippen molar-refractivity contribution in [1.82, 2.24) is 9.97 Å². The molecule has 11 heavy (non-hydrogen) atoms. The number of imidazole rings is 1. The second-order valence-corrected chi connectivity index (χ2v) is 1.87. The molecule has 0 fully saturated rings. The molecule has 0 unspecified atom stereocenters. The van der Waals surface area contributed by atoms with Crippen LogP contribution in [0.25, 0.3) is 10.4 Å². The van der Waals surface area contributed by atoms with Crippen LogP contribution in [-0.4, -0.2) is 15.9 Å². The first-order chi connectivity index (χ1) is 5.25. The normalized spacial score (nSPS) is 8.82. The van der Waals surface area contributed by atoms with Crippen molar-refractivity contribution >= 4 is 5.91 Å². The molecule has 0 saturated heterocycles. The van der Waals surface area contributed by atoms with Crippen molar-refractivity contribution < 1.29 is 4.79 Å². The van der Waals surface area contributed by atoms with Gasteiger partial charge in [0.15, 0.2) is 0 Å². The predicted molar refractivity (Wildman–Crippen MR) is 36.8 cm³/mol. The maximum absolute atomic E-state index is 10.8. The Morgan fingerprint density at radius 3 is 3.09 bits per heavy atom. The molecule has 6 heteroatoms. The van der Waals surface area contributed by atoms with Gasteiger partial charge in [0.1, 0.15) is 5.69 Å². The summed E-state index contributed by atoms with van der Waals surface area (Å²) >= 11 is 0. The maximum atomic E-state index is 10.8. The average molecular weight is 151 g/mol. The number of aromatic amines is 1.